The van der Waals surface area contributed by atoms with Crippen molar-refractivity contribution in [3.8, 4) is 0 Å². The first kappa shape index (κ1) is 17.8. The van der Waals surface area contributed by atoms with Crippen molar-refractivity contribution in [2.75, 3.05) is 13.1 Å². The lowest BCUT2D eigenvalue weighted by molar-refractivity contribution is 0.00671. The van der Waals surface area contributed by atoms with E-state index in [4.69, 9.17) is 0 Å². The normalized spacial score (nSPS) is 28.0. The third-order valence-electron chi connectivity index (χ3n) is 5.87. The average molecular weight is 334 g/mol. The molecule has 3 unspecified atom stereocenters. The fourth-order valence-corrected chi connectivity index (χ4v) is 4.24. The molecule has 1 aliphatic heterocycles. The maximum atomic E-state index is 13.8. The number of halogens is 1. The van der Waals surface area contributed by atoms with E-state index in [1.807, 2.05) is 12.1 Å². The van der Waals surface area contributed by atoms with Crippen LogP contribution in [0.3, 0.4) is 0 Å². The Balaban J connectivity index is 1.50. The zero-order valence-electron chi connectivity index (χ0n) is 15.0. The molecule has 4 heteroatoms. The summed E-state index contributed by atoms with van der Waals surface area (Å²) in [7, 11) is 0. The summed E-state index contributed by atoms with van der Waals surface area (Å²) < 4.78 is 13.8. The molecule has 134 valence electrons. The van der Waals surface area contributed by atoms with Gasteiger partial charge in [-0.05, 0) is 56.7 Å². The van der Waals surface area contributed by atoms with Gasteiger partial charge in [-0.3, -0.25) is 4.90 Å². The highest BCUT2D eigenvalue weighted by Gasteiger charge is 2.31. The van der Waals surface area contributed by atoms with Gasteiger partial charge >= 0.3 is 0 Å². The second kappa shape index (κ2) is 7.94. The Bertz CT molecular complexity index is 542. The van der Waals surface area contributed by atoms with Gasteiger partial charge in [0.25, 0.3) is 0 Å². The molecule has 3 nitrogen and oxygen atoms in total. The van der Waals surface area contributed by atoms with Gasteiger partial charge in [0.2, 0.25) is 0 Å². The van der Waals surface area contributed by atoms with E-state index < -0.39 is 0 Å². The molecule has 1 saturated heterocycles. The van der Waals surface area contributed by atoms with E-state index in [2.05, 4.69) is 17.1 Å². The molecule has 1 aromatic rings. The van der Waals surface area contributed by atoms with E-state index in [1.165, 1.54) is 12.8 Å². The van der Waals surface area contributed by atoms with Crippen molar-refractivity contribution < 1.29 is 9.50 Å². The van der Waals surface area contributed by atoms with E-state index >= 15 is 0 Å². The lowest BCUT2D eigenvalue weighted by Gasteiger charge is -2.42. The highest BCUT2D eigenvalue weighted by atomic mass is 19.1. The Morgan fingerprint density at radius 1 is 1.17 bits per heavy atom. The zero-order chi connectivity index (χ0) is 17.1. The number of hydrogen-bond acceptors (Lipinski definition) is 3. The number of benzene rings is 1. The number of rotatable bonds is 4. The third kappa shape index (κ3) is 4.16. The molecule has 3 rings (SSSR count). The molecular formula is C20H31FN2O. The van der Waals surface area contributed by atoms with Gasteiger partial charge in [-0.25, -0.2) is 4.39 Å². The molecular weight excluding hydrogens is 303 g/mol. The molecule has 0 amide bonds. The molecule has 0 radical (unpaired) electrons. The van der Waals surface area contributed by atoms with Crippen LogP contribution >= 0.6 is 0 Å². The van der Waals surface area contributed by atoms with Crippen LogP contribution in [0.5, 0.6) is 0 Å². The summed E-state index contributed by atoms with van der Waals surface area (Å²) in [5.74, 6) is -0.123. The summed E-state index contributed by atoms with van der Waals surface area (Å²) in [6, 6.07) is 6.53. The quantitative estimate of drug-likeness (QED) is 0.884. The number of aliphatic hydroxyl groups is 1. The molecule has 1 aromatic carbocycles. The van der Waals surface area contributed by atoms with Crippen LogP contribution in [0.4, 0.5) is 4.39 Å². The first-order valence-corrected chi connectivity index (χ1v) is 9.49. The van der Waals surface area contributed by atoms with Crippen LogP contribution in [0.15, 0.2) is 18.2 Å². The number of nitrogens with zero attached hydrogens (tertiary/aromatic N) is 1. The van der Waals surface area contributed by atoms with E-state index in [0.717, 1.165) is 44.3 Å². The molecule has 2 aliphatic rings. The first-order chi connectivity index (χ1) is 11.5. The second-order valence-corrected chi connectivity index (χ2v) is 7.63. The van der Waals surface area contributed by atoms with Gasteiger partial charge in [-0.15, -0.1) is 0 Å². The summed E-state index contributed by atoms with van der Waals surface area (Å²) >= 11 is 0. The minimum Gasteiger partial charge on any atom is -0.391 e. The van der Waals surface area contributed by atoms with E-state index in [9.17, 15) is 9.50 Å². The largest absolute Gasteiger partial charge is 0.391 e. The van der Waals surface area contributed by atoms with E-state index in [1.54, 1.807) is 13.0 Å². The highest BCUT2D eigenvalue weighted by Crippen LogP contribution is 2.26. The van der Waals surface area contributed by atoms with Gasteiger partial charge in [-0.1, -0.05) is 25.0 Å². The van der Waals surface area contributed by atoms with Gasteiger partial charge in [0.05, 0.1) is 6.10 Å². The summed E-state index contributed by atoms with van der Waals surface area (Å²) in [6.07, 6.45) is 6.56. The Kier molecular flexibility index (Phi) is 5.90. The van der Waals surface area contributed by atoms with E-state index in [-0.39, 0.29) is 18.0 Å². The molecule has 1 saturated carbocycles. The van der Waals surface area contributed by atoms with Gasteiger partial charge in [0, 0.05) is 31.2 Å². The molecule has 0 aromatic heterocycles. The van der Waals surface area contributed by atoms with Gasteiger partial charge in [0.15, 0.2) is 0 Å². The fourth-order valence-electron chi connectivity index (χ4n) is 4.24. The summed E-state index contributed by atoms with van der Waals surface area (Å²) in [5.41, 5.74) is 1.72. The zero-order valence-corrected chi connectivity index (χ0v) is 15.0. The lowest BCUT2D eigenvalue weighted by Crippen LogP contribution is -2.51. The third-order valence-corrected chi connectivity index (χ3v) is 5.87. The van der Waals surface area contributed by atoms with Crippen molar-refractivity contribution in [3.63, 3.8) is 0 Å². The smallest absolute Gasteiger partial charge is 0.126 e. The van der Waals surface area contributed by atoms with Gasteiger partial charge in [0.1, 0.15) is 5.82 Å². The predicted molar refractivity (Wildman–Crippen MR) is 95.5 cm³/mol. The molecule has 2 fully saturated rings. The van der Waals surface area contributed by atoms with E-state index in [0.29, 0.717) is 17.6 Å². The maximum Gasteiger partial charge on any atom is 0.126 e. The standard InChI is InChI=1S/C20H31FN2O/c1-14-7-8-16(13-18(14)21)15(2)22-17-9-11-23(12-10-17)19-5-3-4-6-20(19)24/h7-8,13,15,17,19-20,22,24H,3-6,9-12H2,1-2H3. The Morgan fingerprint density at radius 2 is 1.88 bits per heavy atom. The molecule has 1 aliphatic carbocycles. The van der Waals surface area contributed by atoms with Crippen molar-refractivity contribution in [1.29, 1.82) is 0 Å². The van der Waals surface area contributed by atoms with Crippen LogP contribution in [-0.2, 0) is 0 Å². The van der Waals surface area contributed by atoms with Crippen LogP contribution in [0, 0.1) is 12.7 Å². The van der Waals surface area contributed by atoms with Crippen molar-refractivity contribution in [3.05, 3.63) is 35.1 Å². The van der Waals surface area contributed by atoms with Crippen LogP contribution in [0.1, 0.15) is 62.6 Å². The van der Waals surface area contributed by atoms with Crippen molar-refractivity contribution >= 4 is 0 Å². The minimum absolute atomic E-state index is 0.123. The number of nitrogens with one attached hydrogen (secondary N) is 1. The summed E-state index contributed by atoms with van der Waals surface area (Å²) in [5, 5.41) is 13.9. The molecule has 1 heterocycles. The van der Waals surface area contributed by atoms with Crippen LogP contribution in [-0.4, -0.2) is 41.3 Å². The number of aliphatic hydroxyl groups excluding tert-OH is 1. The van der Waals surface area contributed by atoms with Crippen LogP contribution < -0.4 is 5.32 Å². The Hall–Kier alpha value is -0.970. The lowest BCUT2D eigenvalue weighted by atomic mass is 9.89. The Labute approximate surface area is 145 Å². The topological polar surface area (TPSA) is 35.5 Å². The molecule has 2 N–H and O–H groups in total. The maximum absolute atomic E-state index is 13.8. The number of likely N-dealkylation sites (tertiary alicyclic amines) is 1. The average Bonchev–Trinajstić information content (AvgIpc) is 2.58. The molecule has 3 atom stereocenters. The summed E-state index contributed by atoms with van der Waals surface area (Å²) in [4.78, 5) is 2.48. The monoisotopic (exact) mass is 334 g/mol. The fraction of sp³-hybridized carbons (Fsp3) is 0.700. The van der Waals surface area contributed by atoms with Crippen molar-refractivity contribution in [2.24, 2.45) is 0 Å². The van der Waals surface area contributed by atoms with Crippen molar-refractivity contribution in [2.45, 2.75) is 76.6 Å². The number of piperidine rings is 1. The second-order valence-electron chi connectivity index (χ2n) is 7.63. The van der Waals surface area contributed by atoms with Gasteiger partial charge < -0.3 is 10.4 Å². The number of aryl methyl sites for hydroxylation is 1. The van der Waals surface area contributed by atoms with Crippen LogP contribution in [0.2, 0.25) is 0 Å². The predicted octanol–water partition coefficient (Wildman–Crippen LogP) is 3.55. The molecule has 24 heavy (non-hydrogen) atoms. The SMILES string of the molecule is Cc1ccc(C(C)NC2CCN(C3CCCCC3O)CC2)cc1F. The first-order valence-electron chi connectivity index (χ1n) is 9.49. The van der Waals surface area contributed by atoms with Crippen molar-refractivity contribution in [1.82, 2.24) is 10.2 Å². The molecule has 0 bridgehead atoms. The highest BCUT2D eigenvalue weighted by molar-refractivity contribution is 5.25. The van der Waals surface area contributed by atoms with Gasteiger partial charge in [-0.2, -0.15) is 0 Å². The minimum atomic E-state index is -0.141. The summed E-state index contributed by atoms with van der Waals surface area (Å²) in [6.45, 7) is 6.01. The Morgan fingerprint density at radius 3 is 2.54 bits per heavy atom. The number of hydrogen-bond donors (Lipinski definition) is 2. The molecule has 0 spiro atoms. The van der Waals surface area contributed by atoms with Crippen LogP contribution in [0.25, 0.3) is 0 Å².